The van der Waals surface area contributed by atoms with Gasteiger partial charge in [0.25, 0.3) is 0 Å². The Labute approximate surface area is 121 Å². The normalized spacial score (nSPS) is 11.8. The lowest BCUT2D eigenvalue weighted by Gasteiger charge is -2.25. The number of ether oxygens (including phenoxy) is 1. The highest BCUT2D eigenvalue weighted by molar-refractivity contribution is 5.90. The maximum atomic E-state index is 10.9. The summed E-state index contributed by atoms with van der Waals surface area (Å²) in [7, 11) is 0. The predicted molar refractivity (Wildman–Crippen MR) is 83.9 cm³/mol. The number of nitrogens with two attached hydrogens (primary N) is 1. The molecule has 0 aliphatic rings. The van der Waals surface area contributed by atoms with Gasteiger partial charge in [-0.25, -0.2) is 0 Å². The summed E-state index contributed by atoms with van der Waals surface area (Å²) in [6, 6.07) is 4.08. The lowest BCUT2D eigenvalue weighted by molar-refractivity contribution is -0.113. The number of hydrogen-bond donors (Lipinski definition) is 1. The zero-order chi connectivity index (χ0) is 15.3. The number of primary amides is 1. The molecule has 1 rings (SSSR count). The first-order valence-corrected chi connectivity index (χ1v) is 7.01. The second-order valence-electron chi connectivity index (χ2n) is 6.05. The molecule has 0 spiro atoms. The highest BCUT2D eigenvalue weighted by Crippen LogP contribution is 2.35. The van der Waals surface area contributed by atoms with Crippen molar-refractivity contribution >= 4 is 12.0 Å². The van der Waals surface area contributed by atoms with Crippen LogP contribution in [0.2, 0.25) is 0 Å². The number of amides is 1. The van der Waals surface area contributed by atoms with Crippen LogP contribution in [0.15, 0.2) is 18.2 Å². The van der Waals surface area contributed by atoms with E-state index in [9.17, 15) is 4.79 Å². The Morgan fingerprint density at radius 1 is 1.35 bits per heavy atom. The van der Waals surface area contributed by atoms with Gasteiger partial charge < -0.3 is 10.5 Å². The van der Waals surface area contributed by atoms with Crippen molar-refractivity contribution < 1.29 is 9.53 Å². The van der Waals surface area contributed by atoms with Gasteiger partial charge in [-0.1, -0.05) is 27.7 Å². The topological polar surface area (TPSA) is 52.3 Å². The molecule has 2 N–H and O–H groups in total. The van der Waals surface area contributed by atoms with E-state index in [-0.39, 0.29) is 5.41 Å². The van der Waals surface area contributed by atoms with Crippen molar-refractivity contribution in [2.24, 2.45) is 5.73 Å². The summed E-state index contributed by atoms with van der Waals surface area (Å²) in [5, 5.41) is 0. The summed E-state index contributed by atoms with van der Waals surface area (Å²) in [5.74, 6) is 0.516. The predicted octanol–water partition coefficient (Wildman–Crippen LogP) is 3.58. The molecule has 3 heteroatoms. The quantitative estimate of drug-likeness (QED) is 0.835. The second-order valence-corrected chi connectivity index (χ2v) is 6.05. The van der Waals surface area contributed by atoms with E-state index in [4.69, 9.17) is 10.5 Å². The molecule has 0 bridgehead atoms. The summed E-state index contributed by atoms with van der Waals surface area (Å²) in [5.41, 5.74) is 8.32. The van der Waals surface area contributed by atoms with E-state index in [2.05, 4.69) is 33.8 Å². The molecule has 1 aromatic carbocycles. The Morgan fingerprint density at radius 3 is 2.50 bits per heavy atom. The maximum absolute atomic E-state index is 10.9. The van der Waals surface area contributed by atoms with Crippen molar-refractivity contribution in [2.45, 2.75) is 46.5 Å². The Bertz CT molecular complexity index is 510. The van der Waals surface area contributed by atoms with Crippen molar-refractivity contribution in [1.29, 1.82) is 0 Å². The van der Waals surface area contributed by atoms with E-state index in [1.165, 1.54) is 6.08 Å². The first-order valence-electron chi connectivity index (χ1n) is 7.01. The minimum absolute atomic E-state index is 0.0234. The van der Waals surface area contributed by atoms with E-state index in [0.717, 1.165) is 28.9 Å². The number of rotatable bonds is 5. The highest BCUT2D eigenvalue weighted by atomic mass is 16.5. The van der Waals surface area contributed by atoms with Crippen LogP contribution in [-0.4, -0.2) is 12.5 Å². The van der Waals surface area contributed by atoms with Gasteiger partial charge in [-0.2, -0.15) is 0 Å². The van der Waals surface area contributed by atoms with Gasteiger partial charge in [-0.3, -0.25) is 4.79 Å². The molecule has 0 saturated carbocycles. The van der Waals surface area contributed by atoms with Gasteiger partial charge in [0.1, 0.15) is 5.75 Å². The molecule has 0 saturated heterocycles. The lowest BCUT2D eigenvalue weighted by atomic mass is 9.84. The van der Waals surface area contributed by atoms with Crippen LogP contribution in [0.4, 0.5) is 0 Å². The van der Waals surface area contributed by atoms with Crippen molar-refractivity contribution in [1.82, 2.24) is 0 Å². The summed E-state index contributed by atoms with van der Waals surface area (Å²) < 4.78 is 5.91. The molecule has 0 unspecified atom stereocenters. The molecular weight excluding hydrogens is 250 g/mol. The van der Waals surface area contributed by atoms with Crippen LogP contribution in [0.5, 0.6) is 5.75 Å². The molecular formula is C17H25NO2. The minimum atomic E-state index is -0.439. The Morgan fingerprint density at radius 2 is 2.00 bits per heavy atom. The van der Waals surface area contributed by atoms with Crippen molar-refractivity contribution in [3.63, 3.8) is 0 Å². The van der Waals surface area contributed by atoms with Crippen LogP contribution < -0.4 is 10.5 Å². The smallest absolute Gasteiger partial charge is 0.241 e. The Kier molecular flexibility index (Phi) is 5.37. The van der Waals surface area contributed by atoms with Crippen molar-refractivity contribution in [3.8, 4) is 5.75 Å². The molecule has 0 atom stereocenters. The van der Waals surface area contributed by atoms with E-state index in [1.807, 2.05) is 13.0 Å². The van der Waals surface area contributed by atoms with Crippen LogP contribution in [-0.2, 0) is 10.2 Å². The van der Waals surface area contributed by atoms with Crippen LogP contribution >= 0.6 is 0 Å². The van der Waals surface area contributed by atoms with Gasteiger partial charge in [-0.15, -0.1) is 0 Å². The summed E-state index contributed by atoms with van der Waals surface area (Å²) >= 11 is 0. The molecule has 0 aliphatic carbocycles. The zero-order valence-corrected chi connectivity index (χ0v) is 13.1. The molecule has 1 aromatic rings. The molecule has 20 heavy (non-hydrogen) atoms. The molecule has 110 valence electrons. The van der Waals surface area contributed by atoms with Crippen molar-refractivity contribution in [3.05, 3.63) is 34.9 Å². The van der Waals surface area contributed by atoms with Crippen LogP contribution in [0.25, 0.3) is 6.08 Å². The van der Waals surface area contributed by atoms with Gasteiger partial charge in [0.2, 0.25) is 5.91 Å². The van der Waals surface area contributed by atoms with Gasteiger partial charge >= 0.3 is 0 Å². The zero-order valence-electron chi connectivity index (χ0n) is 13.1. The fraction of sp³-hybridized carbons (Fsp3) is 0.471. The van der Waals surface area contributed by atoms with Crippen LogP contribution in [0, 0.1) is 6.92 Å². The molecule has 0 fully saturated rings. The minimum Gasteiger partial charge on any atom is -0.493 e. The average molecular weight is 275 g/mol. The van der Waals surface area contributed by atoms with Crippen LogP contribution in [0.1, 0.15) is 50.8 Å². The molecule has 0 radical (unpaired) electrons. The third-order valence-electron chi connectivity index (χ3n) is 3.00. The number of benzene rings is 1. The van der Waals surface area contributed by atoms with E-state index in [1.54, 1.807) is 6.08 Å². The second kappa shape index (κ2) is 6.60. The third-order valence-corrected chi connectivity index (χ3v) is 3.00. The van der Waals surface area contributed by atoms with Gasteiger partial charge in [-0.05, 0) is 48.1 Å². The highest BCUT2D eigenvalue weighted by Gasteiger charge is 2.21. The number of carbonyl (C=O) groups is 1. The van der Waals surface area contributed by atoms with Gasteiger partial charge in [0.05, 0.1) is 6.61 Å². The van der Waals surface area contributed by atoms with Gasteiger partial charge in [0, 0.05) is 11.6 Å². The fourth-order valence-electron chi connectivity index (χ4n) is 2.03. The molecule has 1 amide bonds. The third kappa shape index (κ3) is 4.41. The van der Waals surface area contributed by atoms with Crippen molar-refractivity contribution in [2.75, 3.05) is 6.61 Å². The summed E-state index contributed by atoms with van der Waals surface area (Å²) in [6.45, 7) is 11.3. The molecule has 3 nitrogen and oxygen atoms in total. The Balaban J connectivity index is 3.29. The number of aryl methyl sites for hydroxylation is 1. The average Bonchev–Trinajstić information content (AvgIpc) is 2.33. The lowest BCUT2D eigenvalue weighted by Crippen LogP contribution is -2.15. The fourth-order valence-corrected chi connectivity index (χ4v) is 2.03. The van der Waals surface area contributed by atoms with Crippen LogP contribution in [0.3, 0.4) is 0 Å². The molecule has 0 aliphatic heterocycles. The van der Waals surface area contributed by atoms with E-state index in [0.29, 0.717) is 6.61 Å². The first-order chi connectivity index (χ1) is 9.25. The number of carbonyl (C=O) groups excluding carboxylic acids is 1. The maximum Gasteiger partial charge on any atom is 0.241 e. The number of hydrogen-bond acceptors (Lipinski definition) is 2. The standard InChI is InChI=1S/C17H25NO2/c1-6-9-20-16-12(2)10-13(7-8-15(18)19)11-14(16)17(3,4)5/h7-8,10-11H,6,9H2,1-5H3,(H2,18,19)/b8-7-. The summed E-state index contributed by atoms with van der Waals surface area (Å²) in [4.78, 5) is 10.9. The Hall–Kier alpha value is -1.77. The first kappa shape index (κ1) is 16.3. The monoisotopic (exact) mass is 275 g/mol. The SMILES string of the molecule is CCCOc1c(C)cc(/C=C\C(N)=O)cc1C(C)(C)C. The molecule has 0 heterocycles. The van der Waals surface area contributed by atoms with Gasteiger partial charge in [0.15, 0.2) is 0 Å². The molecule has 0 aromatic heterocycles. The van der Waals surface area contributed by atoms with E-state index >= 15 is 0 Å². The summed E-state index contributed by atoms with van der Waals surface area (Å²) in [6.07, 6.45) is 4.11. The largest absolute Gasteiger partial charge is 0.493 e. The van der Waals surface area contributed by atoms with E-state index < -0.39 is 5.91 Å².